The molecule has 2 heterocycles. The Hall–Kier alpha value is -3.09. The maximum Gasteiger partial charge on any atom is 0.258 e. The number of carbonyl (C=O) groups is 1. The predicted molar refractivity (Wildman–Crippen MR) is 134 cm³/mol. The number of benzene rings is 1. The smallest absolute Gasteiger partial charge is 0.258 e. The Morgan fingerprint density at radius 2 is 1.94 bits per heavy atom. The average molecular weight is 467 g/mol. The van der Waals surface area contributed by atoms with Gasteiger partial charge in [-0.1, -0.05) is 43.1 Å². The third-order valence-corrected chi connectivity index (χ3v) is 6.40. The van der Waals surface area contributed by atoms with E-state index in [1.54, 1.807) is 17.3 Å². The highest BCUT2D eigenvalue weighted by molar-refractivity contribution is 5.99. The standard InChI is InChI=1S/C27H38N4O3/c1-5-6-7-11-21-16-23(32)22(13-12-20(4)10-8-9-19(2)3)26(33)25(21)27(34)30-14-15-31-18-28-29-24(31)17-30/h9,12,16,18,32-33H,5-8,10-11,13-15,17H2,1-4H3. The maximum atomic E-state index is 13.6. The summed E-state index contributed by atoms with van der Waals surface area (Å²) in [6.45, 7) is 9.86. The van der Waals surface area contributed by atoms with Crippen LogP contribution in [0.2, 0.25) is 0 Å². The number of aromatic nitrogens is 3. The van der Waals surface area contributed by atoms with Crippen molar-refractivity contribution in [3.63, 3.8) is 0 Å². The van der Waals surface area contributed by atoms with Gasteiger partial charge in [-0.05, 0) is 64.5 Å². The minimum atomic E-state index is -0.219. The fourth-order valence-corrected chi connectivity index (χ4v) is 4.32. The number of aromatic hydroxyl groups is 2. The molecule has 1 amide bonds. The van der Waals surface area contributed by atoms with Crippen molar-refractivity contribution in [1.82, 2.24) is 19.7 Å². The fraction of sp³-hybridized carbons (Fsp3) is 0.519. The molecule has 0 saturated carbocycles. The number of aryl methyl sites for hydroxylation is 1. The van der Waals surface area contributed by atoms with E-state index >= 15 is 0 Å². The molecule has 3 rings (SSSR count). The van der Waals surface area contributed by atoms with E-state index < -0.39 is 0 Å². The van der Waals surface area contributed by atoms with Crippen molar-refractivity contribution < 1.29 is 15.0 Å². The van der Waals surface area contributed by atoms with Gasteiger partial charge in [-0.25, -0.2) is 0 Å². The van der Waals surface area contributed by atoms with Gasteiger partial charge >= 0.3 is 0 Å². The average Bonchev–Trinajstić information content (AvgIpc) is 3.26. The number of amides is 1. The molecule has 0 atom stereocenters. The molecule has 0 bridgehead atoms. The monoisotopic (exact) mass is 466 g/mol. The van der Waals surface area contributed by atoms with Gasteiger partial charge in [0.25, 0.3) is 5.91 Å². The van der Waals surface area contributed by atoms with Crippen LogP contribution in [0, 0.1) is 0 Å². The Labute approximate surface area is 202 Å². The molecule has 0 aliphatic carbocycles. The Morgan fingerprint density at radius 1 is 1.15 bits per heavy atom. The predicted octanol–water partition coefficient (Wildman–Crippen LogP) is 5.31. The van der Waals surface area contributed by atoms with Gasteiger partial charge in [0.15, 0.2) is 5.82 Å². The number of phenols is 2. The van der Waals surface area contributed by atoms with Crippen molar-refractivity contribution in [2.75, 3.05) is 6.54 Å². The second kappa shape index (κ2) is 11.9. The van der Waals surface area contributed by atoms with E-state index in [2.05, 4.69) is 44.0 Å². The minimum Gasteiger partial charge on any atom is -0.508 e. The normalized spacial score (nSPS) is 13.6. The summed E-state index contributed by atoms with van der Waals surface area (Å²) in [5, 5.41) is 30.1. The van der Waals surface area contributed by atoms with Crippen molar-refractivity contribution in [3.05, 3.63) is 58.2 Å². The van der Waals surface area contributed by atoms with Gasteiger partial charge in [0.2, 0.25) is 0 Å². The molecule has 1 aromatic heterocycles. The lowest BCUT2D eigenvalue weighted by atomic mass is 9.93. The van der Waals surface area contributed by atoms with Crippen LogP contribution in [0.4, 0.5) is 0 Å². The highest BCUT2D eigenvalue weighted by Gasteiger charge is 2.29. The van der Waals surface area contributed by atoms with Crippen LogP contribution in [-0.2, 0) is 25.9 Å². The largest absolute Gasteiger partial charge is 0.508 e. The van der Waals surface area contributed by atoms with Crippen molar-refractivity contribution in [1.29, 1.82) is 0 Å². The van der Waals surface area contributed by atoms with Gasteiger partial charge in [0.05, 0.1) is 12.1 Å². The van der Waals surface area contributed by atoms with Crippen LogP contribution in [-0.4, -0.2) is 42.3 Å². The second-order valence-electron chi connectivity index (χ2n) is 9.46. The number of hydrogen-bond donors (Lipinski definition) is 2. The van der Waals surface area contributed by atoms with Gasteiger partial charge in [-0.15, -0.1) is 10.2 Å². The summed E-state index contributed by atoms with van der Waals surface area (Å²) in [5.74, 6) is 0.466. The molecule has 34 heavy (non-hydrogen) atoms. The van der Waals surface area contributed by atoms with E-state index in [1.807, 2.05) is 10.6 Å². The van der Waals surface area contributed by atoms with Gasteiger partial charge in [-0.3, -0.25) is 4.79 Å². The summed E-state index contributed by atoms with van der Waals surface area (Å²) in [6, 6.07) is 1.68. The third kappa shape index (κ3) is 6.27. The topological polar surface area (TPSA) is 91.5 Å². The van der Waals surface area contributed by atoms with Gasteiger partial charge < -0.3 is 19.7 Å². The molecule has 7 heteroatoms. The summed E-state index contributed by atoms with van der Waals surface area (Å²) in [5.41, 5.74) is 3.90. The Bertz CT molecular complexity index is 1060. The van der Waals surface area contributed by atoms with Crippen LogP contribution in [0.1, 0.15) is 87.1 Å². The van der Waals surface area contributed by atoms with Crippen molar-refractivity contribution >= 4 is 5.91 Å². The Morgan fingerprint density at radius 3 is 2.68 bits per heavy atom. The SMILES string of the molecule is CCCCCc1cc(O)c(CC=C(C)CCC=C(C)C)c(O)c1C(=O)N1CCn2cnnc2C1. The summed E-state index contributed by atoms with van der Waals surface area (Å²) >= 11 is 0. The van der Waals surface area contributed by atoms with Crippen molar-refractivity contribution in [2.45, 2.75) is 85.7 Å². The zero-order chi connectivity index (χ0) is 24.7. The minimum absolute atomic E-state index is 0.0484. The molecule has 1 aliphatic heterocycles. The number of hydrogen-bond acceptors (Lipinski definition) is 5. The highest BCUT2D eigenvalue weighted by Crippen LogP contribution is 2.36. The molecule has 0 radical (unpaired) electrons. The van der Waals surface area contributed by atoms with E-state index in [4.69, 9.17) is 0 Å². The molecule has 0 fully saturated rings. The van der Waals surface area contributed by atoms with Gasteiger partial charge in [0.1, 0.15) is 17.8 Å². The number of phenolic OH excluding ortho intramolecular Hbond substituents is 2. The van der Waals surface area contributed by atoms with E-state index in [1.165, 1.54) is 11.1 Å². The molecule has 2 N–H and O–H groups in total. The van der Waals surface area contributed by atoms with Crippen molar-refractivity contribution in [3.8, 4) is 11.5 Å². The molecule has 0 unspecified atom stereocenters. The summed E-state index contributed by atoms with van der Waals surface area (Å²) < 4.78 is 1.94. The first-order valence-electron chi connectivity index (χ1n) is 12.3. The molecule has 0 spiro atoms. The zero-order valence-corrected chi connectivity index (χ0v) is 21.0. The fourth-order valence-electron chi connectivity index (χ4n) is 4.32. The van der Waals surface area contributed by atoms with E-state index in [0.717, 1.165) is 37.9 Å². The van der Waals surface area contributed by atoms with Crippen LogP contribution in [0.3, 0.4) is 0 Å². The first kappa shape index (κ1) is 25.5. The Balaban J connectivity index is 1.89. The molecule has 1 aliphatic rings. The lowest BCUT2D eigenvalue weighted by molar-refractivity contribution is 0.0703. The van der Waals surface area contributed by atoms with E-state index in [0.29, 0.717) is 49.2 Å². The first-order chi connectivity index (χ1) is 16.3. The van der Waals surface area contributed by atoms with Crippen LogP contribution >= 0.6 is 0 Å². The number of nitrogens with zero attached hydrogens (tertiary/aromatic N) is 4. The van der Waals surface area contributed by atoms with Crippen LogP contribution < -0.4 is 0 Å². The lowest BCUT2D eigenvalue weighted by Crippen LogP contribution is -2.38. The van der Waals surface area contributed by atoms with E-state index in [-0.39, 0.29) is 17.4 Å². The van der Waals surface area contributed by atoms with Crippen LogP contribution in [0.15, 0.2) is 35.7 Å². The van der Waals surface area contributed by atoms with Crippen molar-refractivity contribution in [2.24, 2.45) is 0 Å². The van der Waals surface area contributed by atoms with Gasteiger partial charge in [-0.2, -0.15) is 0 Å². The summed E-state index contributed by atoms with van der Waals surface area (Å²) in [6.07, 6.45) is 11.8. The second-order valence-corrected chi connectivity index (χ2v) is 9.46. The number of rotatable bonds is 10. The lowest BCUT2D eigenvalue weighted by Gasteiger charge is -2.28. The molecule has 184 valence electrons. The van der Waals surface area contributed by atoms with Crippen LogP contribution in [0.5, 0.6) is 11.5 Å². The van der Waals surface area contributed by atoms with E-state index in [9.17, 15) is 15.0 Å². The molecule has 1 aromatic carbocycles. The molecular weight excluding hydrogens is 428 g/mol. The molecule has 2 aromatic rings. The highest BCUT2D eigenvalue weighted by atomic mass is 16.3. The first-order valence-corrected chi connectivity index (χ1v) is 12.3. The molecule has 7 nitrogen and oxygen atoms in total. The number of allylic oxidation sites excluding steroid dienone is 4. The maximum absolute atomic E-state index is 13.6. The summed E-state index contributed by atoms with van der Waals surface area (Å²) in [7, 11) is 0. The summed E-state index contributed by atoms with van der Waals surface area (Å²) in [4.78, 5) is 15.3. The quantitative estimate of drug-likeness (QED) is 0.366. The number of unbranched alkanes of at least 4 members (excludes halogenated alkanes) is 2. The van der Waals surface area contributed by atoms with Crippen LogP contribution in [0.25, 0.3) is 0 Å². The van der Waals surface area contributed by atoms with Gasteiger partial charge in [0, 0.05) is 18.7 Å². The number of fused-ring (bicyclic) bond motifs is 1. The zero-order valence-electron chi connectivity index (χ0n) is 21.0. The third-order valence-electron chi connectivity index (χ3n) is 6.40. The molecule has 0 saturated heterocycles. The molecular formula is C27H38N4O3. The Kier molecular flexibility index (Phi) is 8.91. The number of carbonyl (C=O) groups excluding carboxylic acids is 1.